The molecule has 0 N–H and O–H groups in total. The van der Waals surface area contributed by atoms with Crippen LogP contribution in [0.15, 0.2) is 20.1 Å². The molecule has 17 heavy (non-hydrogen) atoms. The van der Waals surface area contributed by atoms with E-state index in [2.05, 4.69) is 29.8 Å². The quantitative estimate of drug-likeness (QED) is 0.831. The second kappa shape index (κ2) is 4.99. The summed E-state index contributed by atoms with van der Waals surface area (Å²) >= 11 is 4.59. The summed E-state index contributed by atoms with van der Waals surface area (Å²) in [6.07, 6.45) is 1.11. The van der Waals surface area contributed by atoms with Crippen LogP contribution in [-0.2, 0) is 10.0 Å². The van der Waals surface area contributed by atoms with Crippen molar-refractivity contribution in [3.8, 4) is 0 Å². The van der Waals surface area contributed by atoms with E-state index in [1.165, 1.54) is 11.3 Å². The molecule has 3 nitrogen and oxygen atoms in total. The molecule has 6 heteroatoms. The Kier molecular flexibility index (Phi) is 3.97. The fourth-order valence-corrected chi connectivity index (χ4v) is 6.21. The molecule has 96 valence electrons. The zero-order chi connectivity index (χ0) is 12.6. The highest BCUT2D eigenvalue weighted by atomic mass is 79.9. The van der Waals surface area contributed by atoms with Crippen molar-refractivity contribution in [3.63, 3.8) is 0 Å². The van der Waals surface area contributed by atoms with Gasteiger partial charge in [0.2, 0.25) is 0 Å². The number of halogens is 1. The second-order valence-corrected chi connectivity index (χ2v) is 9.45. The van der Waals surface area contributed by atoms with Gasteiger partial charge in [-0.2, -0.15) is 4.31 Å². The van der Waals surface area contributed by atoms with Gasteiger partial charge in [-0.3, -0.25) is 0 Å². The van der Waals surface area contributed by atoms with E-state index >= 15 is 0 Å². The van der Waals surface area contributed by atoms with Crippen LogP contribution in [0.25, 0.3) is 0 Å². The van der Waals surface area contributed by atoms with E-state index in [1.54, 1.807) is 16.4 Å². The standard InChI is InChI=1S/C11H16BrNO2S2/c1-8-5-9(2)7-13(6-8)17(14,15)11-4-3-10(12)16-11/h3-4,8-9H,5-7H2,1-2H3. The summed E-state index contributed by atoms with van der Waals surface area (Å²) in [6.45, 7) is 5.51. The molecule has 0 spiro atoms. The van der Waals surface area contributed by atoms with Gasteiger partial charge in [0.15, 0.2) is 0 Å². The van der Waals surface area contributed by atoms with Gasteiger partial charge in [0, 0.05) is 13.1 Å². The topological polar surface area (TPSA) is 37.4 Å². The minimum absolute atomic E-state index is 0.436. The lowest BCUT2D eigenvalue weighted by molar-refractivity contribution is 0.223. The van der Waals surface area contributed by atoms with Crippen LogP contribution < -0.4 is 0 Å². The lowest BCUT2D eigenvalue weighted by Crippen LogP contribution is -2.42. The fourth-order valence-electron chi connectivity index (χ4n) is 2.37. The average Bonchev–Trinajstić information content (AvgIpc) is 2.64. The van der Waals surface area contributed by atoms with Gasteiger partial charge in [-0.25, -0.2) is 8.42 Å². The zero-order valence-electron chi connectivity index (χ0n) is 9.89. The van der Waals surface area contributed by atoms with Gasteiger partial charge in [0.25, 0.3) is 10.0 Å². The fraction of sp³-hybridized carbons (Fsp3) is 0.636. The monoisotopic (exact) mass is 337 g/mol. The van der Waals surface area contributed by atoms with Crippen molar-refractivity contribution in [2.45, 2.75) is 24.5 Å². The van der Waals surface area contributed by atoms with Crippen LogP contribution in [0.1, 0.15) is 20.3 Å². The van der Waals surface area contributed by atoms with Crippen LogP contribution >= 0.6 is 27.3 Å². The summed E-state index contributed by atoms with van der Waals surface area (Å²) in [6, 6.07) is 3.46. The molecule has 0 radical (unpaired) electrons. The number of hydrogen-bond acceptors (Lipinski definition) is 3. The number of thiophene rings is 1. The van der Waals surface area contributed by atoms with Crippen molar-refractivity contribution in [1.29, 1.82) is 0 Å². The molecule has 1 aliphatic heterocycles. The Morgan fingerprint density at radius 2 is 1.88 bits per heavy atom. The van der Waals surface area contributed by atoms with Crippen molar-refractivity contribution in [2.24, 2.45) is 11.8 Å². The Labute approximate surface area is 115 Å². The first kappa shape index (κ1) is 13.5. The third kappa shape index (κ3) is 2.92. The third-order valence-corrected chi connectivity index (χ3v) is 6.90. The lowest BCUT2D eigenvalue weighted by Gasteiger charge is -2.33. The summed E-state index contributed by atoms with van der Waals surface area (Å²) in [5, 5.41) is 0. The largest absolute Gasteiger partial charge is 0.252 e. The van der Waals surface area contributed by atoms with Crippen LogP contribution in [0, 0.1) is 11.8 Å². The van der Waals surface area contributed by atoms with E-state index in [1.807, 2.05) is 0 Å². The maximum absolute atomic E-state index is 12.4. The Balaban J connectivity index is 2.26. The Hall–Kier alpha value is 0.0900. The lowest BCUT2D eigenvalue weighted by atomic mass is 9.94. The van der Waals surface area contributed by atoms with Gasteiger partial charge < -0.3 is 0 Å². The smallest absolute Gasteiger partial charge is 0.206 e. The van der Waals surface area contributed by atoms with Gasteiger partial charge in [-0.05, 0) is 46.3 Å². The van der Waals surface area contributed by atoms with Gasteiger partial charge in [0.1, 0.15) is 4.21 Å². The van der Waals surface area contributed by atoms with Crippen molar-refractivity contribution >= 4 is 37.3 Å². The second-order valence-electron chi connectivity index (χ2n) is 4.83. The highest BCUT2D eigenvalue weighted by Gasteiger charge is 2.32. The normalized spacial score (nSPS) is 27.2. The Morgan fingerprint density at radius 1 is 1.29 bits per heavy atom. The summed E-state index contributed by atoms with van der Waals surface area (Å²) in [5.41, 5.74) is 0. The van der Waals surface area contributed by atoms with Crippen LogP contribution in [0.2, 0.25) is 0 Å². The summed E-state index contributed by atoms with van der Waals surface area (Å²) < 4.78 is 27.7. The molecule has 0 aromatic carbocycles. The Morgan fingerprint density at radius 3 is 2.35 bits per heavy atom. The van der Waals surface area contributed by atoms with Crippen molar-refractivity contribution in [1.82, 2.24) is 4.31 Å². The van der Waals surface area contributed by atoms with Crippen LogP contribution in [0.3, 0.4) is 0 Å². The Bertz CT molecular complexity index is 487. The van der Waals surface area contributed by atoms with Crippen LogP contribution in [0.5, 0.6) is 0 Å². The molecule has 1 fully saturated rings. The van der Waals surface area contributed by atoms with E-state index in [4.69, 9.17) is 0 Å². The zero-order valence-corrected chi connectivity index (χ0v) is 13.1. The number of rotatable bonds is 2. The molecule has 0 bridgehead atoms. The summed E-state index contributed by atoms with van der Waals surface area (Å²) in [7, 11) is -3.29. The first-order chi connectivity index (χ1) is 7.89. The molecule has 1 saturated heterocycles. The number of sulfonamides is 1. The maximum atomic E-state index is 12.4. The molecule has 0 aliphatic carbocycles. The first-order valence-electron chi connectivity index (χ1n) is 5.65. The number of nitrogens with zero attached hydrogens (tertiary/aromatic N) is 1. The van der Waals surface area contributed by atoms with Gasteiger partial charge >= 0.3 is 0 Å². The molecule has 2 unspecified atom stereocenters. The SMILES string of the molecule is CC1CC(C)CN(S(=O)(=O)c2ccc(Br)s2)C1. The molecule has 0 amide bonds. The van der Waals surface area contributed by atoms with E-state index in [0.29, 0.717) is 29.1 Å². The van der Waals surface area contributed by atoms with E-state index in [-0.39, 0.29) is 0 Å². The van der Waals surface area contributed by atoms with Gasteiger partial charge in [-0.1, -0.05) is 13.8 Å². The van der Waals surface area contributed by atoms with Crippen molar-refractivity contribution < 1.29 is 8.42 Å². The van der Waals surface area contributed by atoms with E-state index in [0.717, 1.165) is 10.2 Å². The molecule has 1 aromatic heterocycles. The highest BCUT2D eigenvalue weighted by Crippen LogP contribution is 2.31. The first-order valence-corrected chi connectivity index (χ1v) is 8.70. The van der Waals surface area contributed by atoms with Gasteiger partial charge in [0.05, 0.1) is 3.79 Å². The molecule has 2 heterocycles. The molecule has 0 saturated carbocycles. The predicted molar refractivity (Wildman–Crippen MR) is 73.7 cm³/mol. The van der Waals surface area contributed by atoms with Crippen molar-refractivity contribution in [3.05, 3.63) is 15.9 Å². The highest BCUT2D eigenvalue weighted by molar-refractivity contribution is 9.11. The van der Waals surface area contributed by atoms with Gasteiger partial charge in [-0.15, -0.1) is 11.3 Å². The predicted octanol–water partition coefficient (Wildman–Crippen LogP) is 3.18. The van der Waals surface area contributed by atoms with Crippen molar-refractivity contribution in [2.75, 3.05) is 13.1 Å². The molecule has 1 aliphatic rings. The maximum Gasteiger partial charge on any atom is 0.252 e. The molecule has 2 rings (SSSR count). The molecule has 1 aromatic rings. The minimum Gasteiger partial charge on any atom is -0.206 e. The van der Waals surface area contributed by atoms with E-state index < -0.39 is 10.0 Å². The average molecular weight is 338 g/mol. The molecular weight excluding hydrogens is 322 g/mol. The number of hydrogen-bond donors (Lipinski definition) is 0. The van der Waals surface area contributed by atoms with E-state index in [9.17, 15) is 8.42 Å². The summed E-state index contributed by atoms with van der Waals surface area (Å²) in [5.74, 6) is 0.883. The summed E-state index contributed by atoms with van der Waals surface area (Å²) in [4.78, 5) is 0. The third-order valence-electron chi connectivity index (χ3n) is 2.98. The molecular formula is C11H16BrNO2S2. The van der Waals surface area contributed by atoms with Crippen LogP contribution in [-0.4, -0.2) is 25.8 Å². The number of piperidine rings is 1. The molecule has 2 atom stereocenters. The minimum atomic E-state index is -3.29. The van der Waals surface area contributed by atoms with Crippen LogP contribution in [0.4, 0.5) is 0 Å².